The number of para-hydroxylation sites is 1. The number of carbonyl (C=O) groups excluding carboxylic acids is 2. The molecule has 1 saturated heterocycles. The fourth-order valence-corrected chi connectivity index (χ4v) is 3.44. The number of amides is 2. The minimum Gasteiger partial charge on any atom is -0.326 e. The summed E-state index contributed by atoms with van der Waals surface area (Å²) < 4.78 is 0. The molecule has 128 valence electrons. The summed E-state index contributed by atoms with van der Waals surface area (Å²) in [4.78, 5) is 28.5. The van der Waals surface area contributed by atoms with Crippen LogP contribution in [0.4, 0.5) is 11.4 Å². The lowest BCUT2D eigenvalue weighted by atomic mass is 10.2. The molecule has 0 radical (unpaired) electrons. The van der Waals surface area contributed by atoms with E-state index in [4.69, 9.17) is 23.2 Å². The summed E-state index contributed by atoms with van der Waals surface area (Å²) in [5.74, 6) is -0.504. The molecule has 2 aromatic rings. The Morgan fingerprint density at radius 3 is 2.60 bits per heavy atom. The van der Waals surface area contributed by atoms with Gasteiger partial charge in [-0.15, -0.1) is 0 Å². The zero-order valence-electron chi connectivity index (χ0n) is 12.8. The van der Waals surface area contributed by atoms with Crippen molar-refractivity contribution in [2.75, 3.05) is 5.32 Å². The molecule has 2 aromatic carbocycles. The second-order valence-electron chi connectivity index (χ2n) is 5.22. The largest absolute Gasteiger partial charge is 0.326 e. The minimum absolute atomic E-state index is 0.0423. The number of rotatable bonds is 4. The summed E-state index contributed by atoms with van der Waals surface area (Å²) in [6.07, 6.45) is 0.0423. The van der Waals surface area contributed by atoms with Gasteiger partial charge in [-0.25, -0.2) is 4.99 Å². The fourth-order valence-electron chi connectivity index (χ4n) is 2.16. The summed E-state index contributed by atoms with van der Waals surface area (Å²) in [5, 5.41) is 6.39. The Kier molecular flexibility index (Phi) is 5.63. The molecule has 0 spiro atoms. The van der Waals surface area contributed by atoms with Crippen LogP contribution in [0, 0.1) is 0 Å². The van der Waals surface area contributed by atoms with Gasteiger partial charge in [-0.05, 0) is 36.4 Å². The molecule has 1 fully saturated rings. The maximum Gasteiger partial charge on any atom is 0.240 e. The summed E-state index contributed by atoms with van der Waals surface area (Å²) in [6.45, 7) is 0. The number of carbonyl (C=O) groups is 2. The molecule has 0 saturated carbocycles. The van der Waals surface area contributed by atoms with Gasteiger partial charge in [0.2, 0.25) is 11.8 Å². The van der Waals surface area contributed by atoms with Gasteiger partial charge in [0.25, 0.3) is 0 Å². The lowest BCUT2D eigenvalue weighted by Gasteiger charge is -2.07. The van der Waals surface area contributed by atoms with Crippen molar-refractivity contribution in [1.29, 1.82) is 0 Å². The summed E-state index contributed by atoms with van der Waals surface area (Å²) in [7, 11) is 0. The van der Waals surface area contributed by atoms with Crippen molar-refractivity contribution in [3.63, 3.8) is 0 Å². The fraction of sp³-hybridized carbons (Fsp3) is 0.118. The van der Waals surface area contributed by atoms with Crippen LogP contribution in [-0.2, 0) is 9.59 Å². The molecule has 2 N–H and O–H groups in total. The van der Waals surface area contributed by atoms with Gasteiger partial charge in [-0.2, -0.15) is 0 Å². The third kappa shape index (κ3) is 4.75. The van der Waals surface area contributed by atoms with Gasteiger partial charge in [0, 0.05) is 17.1 Å². The van der Waals surface area contributed by atoms with E-state index in [-0.39, 0.29) is 18.2 Å². The van der Waals surface area contributed by atoms with Crippen LogP contribution >= 0.6 is 35.0 Å². The van der Waals surface area contributed by atoms with Crippen LogP contribution in [0.2, 0.25) is 10.0 Å². The first-order chi connectivity index (χ1) is 12.0. The number of nitrogens with zero attached hydrogens (tertiary/aromatic N) is 1. The Balaban J connectivity index is 1.62. The number of halogens is 2. The van der Waals surface area contributed by atoms with Gasteiger partial charge in [-0.1, -0.05) is 47.1 Å². The average molecular weight is 394 g/mol. The Hall–Kier alpha value is -2.02. The summed E-state index contributed by atoms with van der Waals surface area (Å²) in [5.41, 5.74) is 1.20. The number of thioether (sulfide) groups is 1. The molecule has 1 aliphatic rings. The van der Waals surface area contributed by atoms with Gasteiger partial charge >= 0.3 is 0 Å². The van der Waals surface area contributed by atoms with Crippen LogP contribution in [0.5, 0.6) is 0 Å². The smallest absolute Gasteiger partial charge is 0.240 e. The van der Waals surface area contributed by atoms with E-state index in [9.17, 15) is 9.59 Å². The quantitative estimate of drug-likeness (QED) is 0.815. The third-order valence-corrected chi connectivity index (χ3v) is 5.00. The normalized spacial score (nSPS) is 18.2. The molecule has 0 aliphatic carbocycles. The summed E-state index contributed by atoms with van der Waals surface area (Å²) in [6, 6.07) is 13.9. The van der Waals surface area contributed by atoms with Gasteiger partial charge < -0.3 is 10.6 Å². The lowest BCUT2D eigenvalue weighted by Crippen LogP contribution is -2.28. The van der Waals surface area contributed by atoms with Crippen molar-refractivity contribution in [2.45, 2.75) is 11.7 Å². The highest BCUT2D eigenvalue weighted by atomic mass is 35.5. The van der Waals surface area contributed by atoms with E-state index >= 15 is 0 Å². The Labute approximate surface area is 158 Å². The van der Waals surface area contributed by atoms with Crippen molar-refractivity contribution < 1.29 is 9.59 Å². The molecule has 0 aromatic heterocycles. The number of nitrogens with one attached hydrogen (secondary N) is 2. The number of anilines is 1. The van der Waals surface area contributed by atoms with Crippen LogP contribution in [-0.4, -0.2) is 22.2 Å². The van der Waals surface area contributed by atoms with Crippen molar-refractivity contribution >= 4 is 63.3 Å². The van der Waals surface area contributed by atoms with Crippen molar-refractivity contribution in [2.24, 2.45) is 4.99 Å². The Morgan fingerprint density at radius 2 is 1.88 bits per heavy atom. The van der Waals surface area contributed by atoms with Crippen LogP contribution < -0.4 is 10.6 Å². The highest BCUT2D eigenvalue weighted by Crippen LogP contribution is 2.29. The molecule has 5 nitrogen and oxygen atoms in total. The van der Waals surface area contributed by atoms with Gasteiger partial charge in [0.1, 0.15) is 5.25 Å². The van der Waals surface area contributed by atoms with E-state index in [0.717, 1.165) is 0 Å². The maximum absolute atomic E-state index is 12.1. The number of amidine groups is 1. The predicted molar refractivity (Wildman–Crippen MR) is 103 cm³/mol. The summed E-state index contributed by atoms with van der Waals surface area (Å²) >= 11 is 13.1. The molecule has 25 heavy (non-hydrogen) atoms. The molecular weight excluding hydrogens is 381 g/mol. The van der Waals surface area contributed by atoms with Crippen LogP contribution in [0.25, 0.3) is 0 Å². The predicted octanol–water partition coefficient (Wildman–Crippen LogP) is 4.24. The first kappa shape index (κ1) is 17.8. The van der Waals surface area contributed by atoms with E-state index in [1.807, 2.05) is 6.07 Å². The van der Waals surface area contributed by atoms with Crippen molar-refractivity contribution in [3.8, 4) is 0 Å². The van der Waals surface area contributed by atoms with Gasteiger partial charge in [-0.3, -0.25) is 9.59 Å². The minimum atomic E-state index is -0.534. The van der Waals surface area contributed by atoms with E-state index in [1.165, 1.54) is 11.8 Å². The van der Waals surface area contributed by atoms with Crippen molar-refractivity contribution in [1.82, 2.24) is 5.32 Å². The molecule has 0 unspecified atom stereocenters. The van der Waals surface area contributed by atoms with E-state index < -0.39 is 5.25 Å². The second-order valence-corrected chi connectivity index (χ2v) is 7.26. The highest BCUT2D eigenvalue weighted by molar-refractivity contribution is 8.15. The van der Waals surface area contributed by atoms with E-state index in [2.05, 4.69) is 15.6 Å². The number of benzene rings is 2. The molecule has 1 aliphatic heterocycles. The SMILES string of the molecule is O=C(C[C@@H]1SC(=Nc2ccccc2Cl)NC1=O)Nc1ccc(Cl)cc1. The Bertz CT molecular complexity index is 840. The van der Waals surface area contributed by atoms with E-state index in [1.54, 1.807) is 42.5 Å². The lowest BCUT2D eigenvalue weighted by molar-refractivity contribution is -0.122. The molecule has 8 heteroatoms. The highest BCUT2D eigenvalue weighted by Gasteiger charge is 2.32. The average Bonchev–Trinajstić information content (AvgIpc) is 2.91. The van der Waals surface area contributed by atoms with Crippen LogP contribution in [0.1, 0.15) is 6.42 Å². The zero-order chi connectivity index (χ0) is 17.8. The topological polar surface area (TPSA) is 70.6 Å². The zero-order valence-corrected chi connectivity index (χ0v) is 15.2. The molecule has 2 amide bonds. The molecule has 1 atom stereocenters. The number of aliphatic imine (C=N–C) groups is 1. The van der Waals surface area contributed by atoms with Crippen molar-refractivity contribution in [3.05, 3.63) is 58.6 Å². The maximum atomic E-state index is 12.1. The molecule has 0 bridgehead atoms. The molecule has 3 rings (SSSR count). The monoisotopic (exact) mass is 393 g/mol. The number of hydrogen-bond donors (Lipinski definition) is 2. The van der Waals surface area contributed by atoms with Gasteiger partial charge in [0.15, 0.2) is 5.17 Å². The van der Waals surface area contributed by atoms with E-state index in [0.29, 0.717) is 26.6 Å². The first-order valence-electron chi connectivity index (χ1n) is 7.37. The standard InChI is InChI=1S/C17H13Cl2N3O2S/c18-10-5-7-11(8-6-10)20-15(23)9-14-16(24)22-17(25-14)21-13-4-2-1-3-12(13)19/h1-8,14H,9H2,(H,20,23)(H,21,22,24)/t14-/m0/s1. The Morgan fingerprint density at radius 1 is 1.16 bits per heavy atom. The second kappa shape index (κ2) is 7.91. The molecule has 1 heterocycles. The third-order valence-electron chi connectivity index (χ3n) is 3.35. The van der Waals surface area contributed by atoms with Gasteiger partial charge in [0.05, 0.1) is 10.7 Å². The van der Waals surface area contributed by atoms with Crippen LogP contribution in [0.3, 0.4) is 0 Å². The van der Waals surface area contributed by atoms with Crippen LogP contribution in [0.15, 0.2) is 53.5 Å². The molecular formula is C17H13Cl2N3O2S. The number of hydrogen-bond acceptors (Lipinski definition) is 4. The first-order valence-corrected chi connectivity index (χ1v) is 9.01.